The fourth-order valence-electron chi connectivity index (χ4n) is 4.27. The summed E-state index contributed by atoms with van der Waals surface area (Å²) in [5, 5.41) is 23.1. The Labute approximate surface area is 209 Å². The third-order valence-corrected chi connectivity index (χ3v) is 6.52. The summed E-state index contributed by atoms with van der Waals surface area (Å²) >= 11 is 0. The first-order valence-electron chi connectivity index (χ1n) is 13.0. The maximum Gasteiger partial charge on any atom is 0.337 e. The number of ketones is 1. The molecule has 0 radical (unpaired) electrons. The molecule has 1 aromatic rings. The monoisotopic (exact) mass is 487 g/mol. The minimum Gasteiger partial charge on any atom is -0.457 e. The number of amides is 1. The fourth-order valence-corrected chi connectivity index (χ4v) is 4.27. The van der Waals surface area contributed by atoms with Gasteiger partial charge in [0.1, 0.15) is 18.0 Å². The Balaban J connectivity index is 1.66. The predicted octanol–water partition coefficient (Wildman–Crippen LogP) is 4.26. The van der Waals surface area contributed by atoms with Crippen LogP contribution in [0.15, 0.2) is 42.5 Å². The van der Waals surface area contributed by atoms with Crippen LogP contribution in [0.3, 0.4) is 0 Å². The Bertz CT molecular complexity index is 824. The molecule has 0 bridgehead atoms. The molecule has 7 heteroatoms. The summed E-state index contributed by atoms with van der Waals surface area (Å²) in [6, 6.07) is 8.30. The molecular weight excluding hydrogens is 446 g/mol. The van der Waals surface area contributed by atoms with Crippen LogP contribution in [0.5, 0.6) is 0 Å². The van der Waals surface area contributed by atoms with Crippen LogP contribution >= 0.6 is 0 Å². The molecule has 0 saturated carbocycles. The van der Waals surface area contributed by atoms with E-state index < -0.39 is 36.2 Å². The minimum atomic E-state index is -1.88. The zero-order valence-corrected chi connectivity index (χ0v) is 20.9. The molecule has 1 aliphatic heterocycles. The molecule has 1 aliphatic rings. The summed E-state index contributed by atoms with van der Waals surface area (Å²) in [5.41, 5.74) is -1.56. The van der Waals surface area contributed by atoms with Gasteiger partial charge in [-0.2, -0.15) is 0 Å². The van der Waals surface area contributed by atoms with Gasteiger partial charge in [-0.05, 0) is 37.8 Å². The van der Waals surface area contributed by atoms with Crippen LogP contribution in [0.25, 0.3) is 0 Å². The van der Waals surface area contributed by atoms with Gasteiger partial charge in [-0.25, -0.2) is 4.79 Å². The lowest BCUT2D eigenvalue weighted by Gasteiger charge is -2.28. The van der Waals surface area contributed by atoms with E-state index in [0.29, 0.717) is 30.6 Å². The van der Waals surface area contributed by atoms with E-state index in [9.17, 15) is 24.6 Å². The van der Waals surface area contributed by atoms with Gasteiger partial charge >= 0.3 is 5.97 Å². The molecule has 3 atom stereocenters. The molecule has 1 saturated heterocycles. The number of hydrogen-bond acceptors (Lipinski definition) is 6. The van der Waals surface area contributed by atoms with Gasteiger partial charge in [-0.1, -0.05) is 69.4 Å². The molecule has 7 nitrogen and oxygen atoms in total. The second-order valence-corrected chi connectivity index (χ2v) is 9.35. The molecule has 0 aromatic heterocycles. The van der Waals surface area contributed by atoms with Gasteiger partial charge < -0.3 is 20.3 Å². The molecule has 0 spiro atoms. The molecule has 2 rings (SSSR count). The first kappa shape index (κ1) is 28.7. The van der Waals surface area contributed by atoms with Crippen molar-refractivity contribution >= 4 is 17.7 Å². The third-order valence-electron chi connectivity index (χ3n) is 6.52. The summed E-state index contributed by atoms with van der Waals surface area (Å²) in [5.74, 6) is -1.02. The summed E-state index contributed by atoms with van der Waals surface area (Å²) in [6.45, 7) is 1.41. The van der Waals surface area contributed by atoms with Crippen LogP contribution in [0, 0.1) is 0 Å². The number of esters is 1. The molecule has 1 aromatic carbocycles. The van der Waals surface area contributed by atoms with Crippen molar-refractivity contribution < 1.29 is 29.3 Å². The number of allylic oxidation sites excluding steroid dienone is 1. The van der Waals surface area contributed by atoms with E-state index in [-0.39, 0.29) is 0 Å². The van der Waals surface area contributed by atoms with Crippen LogP contribution in [0.4, 0.5) is 0 Å². The van der Waals surface area contributed by atoms with Gasteiger partial charge in [0.25, 0.3) is 5.91 Å². The maximum absolute atomic E-state index is 12.5. The van der Waals surface area contributed by atoms with Crippen LogP contribution in [0.1, 0.15) is 94.3 Å². The van der Waals surface area contributed by atoms with Crippen molar-refractivity contribution in [3.05, 3.63) is 48.0 Å². The SMILES string of the molecule is CCCCCCC(=O)CCCCCC/C=C/C[C@H]1OC(=O)[C@](CO)(NC(=O)c2ccccc2)[C@H]1O. The number of carbonyl (C=O) groups is 3. The van der Waals surface area contributed by atoms with Gasteiger partial charge in [0.15, 0.2) is 5.54 Å². The van der Waals surface area contributed by atoms with Crippen molar-refractivity contribution in [3.8, 4) is 0 Å². The van der Waals surface area contributed by atoms with Gasteiger partial charge in [0, 0.05) is 24.8 Å². The second-order valence-electron chi connectivity index (χ2n) is 9.35. The van der Waals surface area contributed by atoms with E-state index in [1.165, 1.54) is 12.8 Å². The van der Waals surface area contributed by atoms with Crippen LogP contribution in [-0.4, -0.2) is 52.2 Å². The molecule has 0 unspecified atom stereocenters. The normalized spacial score (nSPS) is 21.9. The van der Waals surface area contributed by atoms with Gasteiger partial charge in [-0.15, -0.1) is 0 Å². The molecule has 1 amide bonds. The number of carbonyl (C=O) groups excluding carboxylic acids is 3. The minimum absolute atomic E-state index is 0.294. The maximum atomic E-state index is 12.5. The molecule has 3 N–H and O–H groups in total. The van der Waals surface area contributed by atoms with Gasteiger partial charge in [0.2, 0.25) is 0 Å². The Morgan fingerprint density at radius 3 is 2.31 bits per heavy atom. The quantitative estimate of drug-likeness (QED) is 0.172. The third kappa shape index (κ3) is 8.89. The summed E-state index contributed by atoms with van der Waals surface area (Å²) in [4.78, 5) is 36.8. The van der Waals surface area contributed by atoms with E-state index >= 15 is 0 Å². The lowest BCUT2D eigenvalue weighted by molar-refractivity contribution is -0.147. The highest BCUT2D eigenvalue weighted by atomic mass is 16.6. The highest BCUT2D eigenvalue weighted by Gasteiger charge is 2.57. The lowest BCUT2D eigenvalue weighted by Crippen LogP contribution is -2.62. The number of rotatable bonds is 17. The molecule has 35 heavy (non-hydrogen) atoms. The molecule has 1 heterocycles. The van der Waals surface area contributed by atoms with Crippen LogP contribution in [0.2, 0.25) is 0 Å². The largest absolute Gasteiger partial charge is 0.457 e. The summed E-state index contributed by atoms with van der Waals surface area (Å²) < 4.78 is 5.29. The van der Waals surface area contributed by atoms with Crippen molar-refractivity contribution in [1.29, 1.82) is 0 Å². The molecular formula is C28H41NO6. The highest BCUT2D eigenvalue weighted by Crippen LogP contribution is 2.29. The average Bonchev–Trinajstić information content (AvgIpc) is 3.10. The van der Waals surface area contributed by atoms with Crippen molar-refractivity contribution in [2.24, 2.45) is 0 Å². The zero-order valence-electron chi connectivity index (χ0n) is 20.9. The predicted molar refractivity (Wildman–Crippen MR) is 135 cm³/mol. The van der Waals surface area contributed by atoms with Crippen molar-refractivity contribution in [2.45, 2.75) is 102 Å². The standard InChI is InChI=1S/C28H41NO6/c1-2-3-4-13-18-23(31)19-14-8-6-5-7-9-15-20-24-25(32)28(21-30,27(34)35-24)29-26(33)22-16-11-10-12-17-22/h9-12,15-17,24-25,30,32H,2-8,13-14,18-21H2,1H3,(H,29,33)/b15-9+/t24-,25+,28-/m1/s1. The molecule has 0 aliphatic carbocycles. The number of cyclic esters (lactones) is 1. The van der Waals surface area contributed by atoms with Gasteiger partial charge in [-0.3, -0.25) is 9.59 Å². The Hall–Kier alpha value is -2.51. The first-order valence-corrected chi connectivity index (χ1v) is 13.0. The Morgan fingerprint density at radius 2 is 1.66 bits per heavy atom. The van der Waals surface area contributed by atoms with Gasteiger partial charge in [0.05, 0.1) is 6.61 Å². The number of nitrogens with one attached hydrogen (secondary N) is 1. The van der Waals surface area contributed by atoms with E-state index in [1.54, 1.807) is 30.3 Å². The van der Waals surface area contributed by atoms with Crippen molar-refractivity contribution in [2.75, 3.05) is 6.61 Å². The molecule has 1 fully saturated rings. The number of unbranched alkanes of at least 4 members (excludes halogenated alkanes) is 7. The van der Waals surface area contributed by atoms with E-state index in [1.807, 2.05) is 12.2 Å². The number of benzene rings is 1. The number of ether oxygens (including phenoxy) is 1. The van der Waals surface area contributed by atoms with E-state index in [2.05, 4.69) is 12.2 Å². The van der Waals surface area contributed by atoms with Crippen LogP contribution in [-0.2, 0) is 14.3 Å². The Kier molecular flexibility index (Phi) is 12.7. The number of hydrogen-bond donors (Lipinski definition) is 3. The number of aliphatic hydroxyl groups is 2. The van der Waals surface area contributed by atoms with Crippen molar-refractivity contribution in [3.63, 3.8) is 0 Å². The highest BCUT2D eigenvalue weighted by molar-refractivity contribution is 5.99. The fraction of sp³-hybridized carbons (Fsp3) is 0.607. The number of Topliss-reactive ketones (excluding diaryl/α,β-unsaturated/α-hetero) is 1. The topological polar surface area (TPSA) is 113 Å². The Morgan fingerprint density at radius 1 is 1.00 bits per heavy atom. The van der Waals surface area contributed by atoms with E-state index in [4.69, 9.17) is 4.74 Å². The van der Waals surface area contributed by atoms with Crippen molar-refractivity contribution in [1.82, 2.24) is 5.32 Å². The smallest absolute Gasteiger partial charge is 0.337 e. The summed E-state index contributed by atoms with van der Waals surface area (Å²) in [6.07, 6.45) is 12.8. The van der Waals surface area contributed by atoms with Crippen LogP contribution < -0.4 is 5.32 Å². The zero-order chi connectivity index (χ0) is 25.5. The van der Waals surface area contributed by atoms with E-state index in [0.717, 1.165) is 44.9 Å². The lowest BCUT2D eigenvalue weighted by atomic mass is 9.90. The first-order chi connectivity index (χ1) is 16.9. The molecule has 194 valence electrons. The second kappa shape index (κ2) is 15.5. The average molecular weight is 488 g/mol. The summed E-state index contributed by atoms with van der Waals surface area (Å²) in [7, 11) is 0. The number of aliphatic hydroxyl groups excluding tert-OH is 2.